The first kappa shape index (κ1) is 16.0. The van der Waals surface area contributed by atoms with Crippen molar-refractivity contribution >= 4 is 17.5 Å². The van der Waals surface area contributed by atoms with Gasteiger partial charge in [0.05, 0.1) is 5.69 Å². The van der Waals surface area contributed by atoms with Gasteiger partial charge in [-0.25, -0.2) is 4.98 Å². The summed E-state index contributed by atoms with van der Waals surface area (Å²) in [6.45, 7) is 4.66. The maximum Gasteiger partial charge on any atom is 0.287 e. The first-order valence-corrected chi connectivity index (χ1v) is 8.05. The van der Waals surface area contributed by atoms with Gasteiger partial charge in [0, 0.05) is 18.8 Å². The SMILES string of the molecule is C=CCNC(=O)c1nc(C(=O)Nc2ccccc2)c2n1CCCC2. The van der Waals surface area contributed by atoms with Gasteiger partial charge < -0.3 is 15.2 Å². The number of nitrogens with one attached hydrogen (secondary N) is 2. The van der Waals surface area contributed by atoms with Gasteiger partial charge in [0.25, 0.3) is 11.8 Å². The van der Waals surface area contributed by atoms with Gasteiger partial charge in [-0.2, -0.15) is 0 Å². The molecule has 2 N–H and O–H groups in total. The molecule has 0 saturated heterocycles. The smallest absolute Gasteiger partial charge is 0.287 e. The molecule has 0 atom stereocenters. The van der Waals surface area contributed by atoms with E-state index in [1.54, 1.807) is 6.08 Å². The molecule has 0 unspecified atom stereocenters. The summed E-state index contributed by atoms with van der Waals surface area (Å²) in [6.07, 6.45) is 4.33. The molecule has 0 bridgehead atoms. The third-order valence-corrected chi connectivity index (χ3v) is 3.97. The predicted octanol–water partition coefficient (Wildman–Crippen LogP) is 2.39. The van der Waals surface area contributed by atoms with Crippen molar-refractivity contribution in [1.82, 2.24) is 14.9 Å². The molecular formula is C18H20N4O2. The Bertz CT molecular complexity index is 765. The summed E-state index contributed by atoms with van der Waals surface area (Å²) < 4.78 is 1.86. The van der Waals surface area contributed by atoms with Crippen LogP contribution in [0, 0.1) is 0 Å². The lowest BCUT2D eigenvalue weighted by Crippen LogP contribution is -2.28. The van der Waals surface area contributed by atoms with Gasteiger partial charge in [0.2, 0.25) is 0 Å². The summed E-state index contributed by atoms with van der Waals surface area (Å²) in [7, 11) is 0. The maximum absolute atomic E-state index is 12.6. The minimum absolute atomic E-state index is 0.281. The van der Waals surface area contributed by atoms with Crippen molar-refractivity contribution in [1.29, 1.82) is 0 Å². The second kappa shape index (κ2) is 7.12. The summed E-state index contributed by atoms with van der Waals surface area (Å²) in [5.74, 6) is -0.267. The number of carbonyl (C=O) groups is 2. The Morgan fingerprint density at radius 2 is 2.00 bits per heavy atom. The van der Waals surface area contributed by atoms with E-state index in [0.29, 0.717) is 30.3 Å². The highest BCUT2D eigenvalue weighted by molar-refractivity contribution is 6.05. The molecule has 2 amide bonds. The Kier molecular flexibility index (Phi) is 4.74. The third-order valence-electron chi connectivity index (χ3n) is 3.97. The summed E-state index contributed by atoms with van der Waals surface area (Å²) in [6, 6.07) is 9.23. The van der Waals surface area contributed by atoms with Crippen LogP contribution in [-0.2, 0) is 13.0 Å². The number of hydrogen-bond acceptors (Lipinski definition) is 3. The zero-order chi connectivity index (χ0) is 16.9. The van der Waals surface area contributed by atoms with Crippen molar-refractivity contribution in [2.75, 3.05) is 11.9 Å². The maximum atomic E-state index is 12.6. The van der Waals surface area contributed by atoms with E-state index in [9.17, 15) is 9.59 Å². The highest BCUT2D eigenvalue weighted by Crippen LogP contribution is 2.22. The predicted molar refractivity (Wildman–Crippen MR) is 92.1 cm³/mol. The van der Waals surface area contributed by atoms with Crippen LogP contribution in [0.4, 0.5) is 5.69 Å². The number of rotatable bonds is 5. The molecule has 1 aromatic carbocycles. The molecule has 1 aromatic heterocycles. The van der Waals surface area contributed by atoms with Gasteiger partial charge in [-0.15, -0.1) is 6.58 Å². The van der Waals surface area contributed by atoms with Crippen molar-refractivity contribution in [2.24, 2.45) is 0 Å². The Morgan fingerprint density at radius 3 is 2.75 bits per heavy atom. The average Bonchev–Trinajstić information content (AvgIpc) is 3.00. The summed E-state index contributed by atoms with van der Waals surface area (Å²) >= 11 is 0. The molecule has 0 fully saturated rings. The monoisotopic (exact) mass is 324 g/mol. The standard InChI is InChI=1S/C18H20N4O2/c1-2-11-19-18(24)16-21-15(14-10-6-7-12-22(14)16)17(23)20-13-8-4-3-5-9-13/h2-5,8-9H,1,6-7,10-12H2,(H,19,24)(H,20,23). The van der Waals surface area contributed by atoms with Crippen LogP contribution >= 0.6 is 0 Å². The number of benzene rings is 1. The molecule has 0 spiro atoms. The second-order valence-corrected chi connectivity index (χ2v) is 5.66. The summed E-state index contributed by atoms with van der Waals surface area (Å²) in [5, 5.41) is 5.57. The number of para-hydroxylation sites is 1. The van der Waals surface area contributed by atoms with Crippen LogP contribution in [-0.4, -0.2) is 27.9 Å². The zero-order valence-electron chi connectivity index (χ0n) is 13.4. The van der Waals surface area contributed by atoms with Crippen molar-refractivity contribution in [3.8, 4) is 0 Å². The lowest BCUT2D eigenvalue weighted by atomic mass is 10.1. The van der Waals surface area contributed by atoms with Gasteiger partial charge in [-0.1, -0.05) is 24.3 Å². The lowest BCUT2D eigenvalue weighted by Gasteiger charge is -2.16. The number of imidazole rings is 1. The fraction of sp³-hybridized carbons (Fsp3) is 0.278. The molecule has 2 heterocycles. The zero-order valence-corrected chi connectivity index (χ0v) is 13.4. The summed E-state index contributed by atoms with van der Waals surface area (Å²) in [4.78, 5) is 29.2. The van der Waals surface area contributed by atoms with Crippen LogP contribution in [0.2, 0.25) is 0 Å². The fourth-order valence-corrected chi connectivity index (χ4v) is 2.85. The Morgan fingerprint density at radius 1 is 1.21 bits per heavy atom. The molecule has 6 nitrogen and oxygen atoms in total. The molecule has 3 rings (SSSR count). The number of hydrogen-bond donors (Lipinski definition) is 2. The fourth-order valence-electron chi connectivity index (χ4n) is 2.85. The Balaban J connectivity index is 1.90. The largest absolute Gasteiger partial charge is 0.346 e. The van der Waals surface area contributed by atoms with Gasteiger partial charge in [0.1, 0.15) is 0 Å². The molecule has 124 valence electrons. The minimum Gasteiger partial charge on any atom is -0.346 e. The Labute approximate surface area is 140 Å². The highest BCUT2D eigenvalue weighted by atomic mass is 16.2. The topological polar surface area (TPSA) is 76.0 Å². The first-order valence-electron chi connectivity index (χ1n) is 8.05. The van der Waals surface area contributed by atoms with Gasteiger partial charge in [-0.05, 0) is 31.4 Å². The minimum atomic E-state index is -0.283. The van der Waals surface area contributed by atoms with Crippen LogP contribution in [0.1, 0.15) is 39.6 Å². The molecule has 2 aromatic rings. The van der Waals surface area contributed by atoms with E-state index in [1.165, 1.54) is 0 Å². The van der Waals surface area contributed by atoms with E-state index in [-0.39, 0.29) is 11.8 Å². The number of amides is 2. The lowest BCUT2D eigenvalue weighted by molar-refractivity contribution is 0.0942. The number of nitrogens with zero attached hydrogens (tertiary/aromatic N) is 2. The van der Waals surface area contributed by atoms with Crippen molar-refractivity contribution in [2.45, 2.75) is 25.8 Å². The van der Waals surface area contributed by atoms with Crippen molar-refractivity contribution in [3.63, 3.8) is 0 Å². The van der Waals surface area contributed by atoms with Gasteiger partial charge >= 0.3 is 0 Å². The number of fused-ring (bicyclic) bond motifs is 1. The van der Waals surface area contributed by atoms with Crippen LogP contribution < -0.4 is 10.6 Å². The van der Waals surface area contributed by atoms with Gasteiger partial charge in [-0.3, -0.25) is 9.59 Å². The van der Waals surface area contributed by atoms with Crippen LogP contribution in [0.3, 0.4) is 0 Å². The molecule has 0 aliphatic carbocycles. The quantitative estimate of drug-likeness (QED) is 0.829. The molecular weight excluding hydrogens is 304 g/mol. The number of carbonyl (C=O) groups excluding carboxylic acids is 2. The van der Waals surface area contributed by atoms with Crippen molar-refractivity contribution < 1.29 is 9.59 Å². The number of anilines is 1. The van der Waals surface area contributed by atoms with E-state index in [1.807, 2.05) is 34.9 Å². The van der Waals surface area contributed by atoms with Crippen LogP contribution in [0.15, 0.2) is 43.0 Å². The van der Waals surface area contributed by atoms with E-state index in [4.69, 9.17) is 0 Å². The third kappa shape index (κ3) is 3.22. The number of aromatic nitrogens is 2. The van der Waals surface area contributed by atoms with Crippen LogP contribution in [0.25, 0.3) is 0 Å². The van der Waals surface area contributed by atoms with E-state index < -0.39 is 0 Å². The molecule has 6 heteroatoms. The average molecular weight is 324 g/mol. The van der Waals surface area contributed by atoms with E-state index in [2.05, 4.69) is 22.2 Å². The normalized spacial score (nSPS) is 13.0. The second-order valence-electron chi connectivity index (χ2n) is 5.66. The van der Waals surface area contributed by atoms with E-state index >= 15 is 0 Å². The molecule has 0 saturated carbocycles. The Hall–Kier alpha value is -2.89. The molecule has 24 heavy (non-hydrogen) atoms. The van der Waals surface area contributed by atoms with Gasteiger partial charge in [0.15, 0.2) is 11.5 Å². The van der Waals surface area contributed by atoms with E-state index in [0.717, 1.165) is 25.0 Å². The van der Waals surface area contributed by atoms with Crippen LogP contribution in [0.5, 0.6) is 0 Å². The summed E-state index contributed by atoms with van der Waals surface area (Å²) in [5.41, 5.74) is 1.87. The molecule has 1 aliphatic heterocycles. The highest BCUT2D eigenvalue weighted by Gasteiger charge is 2.27. The molecule has 1 aliphatic rings. The van der Waals surface area contributed by atoms with Crippen molar-refractivity contribution in [3.05, 3.63) is 60.2 Å². The molecule has 0 radical (unpaired) electrons. The first-order chi connectivity index (χ1) is 11.7.